The first-order valence-electron chi connectivity index (χ1n) is 3.53. The van der Waals surface area contributed by atoms with Crippen molar-refractivity contribution < 1.29 is 4.39 Å². The summed E-state index contributed by atoms with van der Waals surface area (Å²) < 4.78 is 12.3. The second-order valence-electron chi connectivity index (χ2n) is 2.14. The SMILES string of the molecule is CSCCNc1cnc(F)cn1. The molecule has 0 aromatic carbocycles. The van der Waals surface area contributed by atoms with Crippen LogP contribution in [0.4, 0.5) is 10.2 Å². The fourth-order valence-corrected chi connectivity index (χ4v) is 0.991. The van der Waals surface area contributed by atoms with Gasteiger partial charge in [-0.3, -0.25) is 0 Å². The summed E-state index contributed by atoms with van der Waals surface area (Å²) in [6.07, 6.45) is 4.51. The Labute approximate surface area is 74.8 Å². The number of thioether (sulfide) groups is 1. The smallest absolute Gasteiger partial charge is 0.231 e. The molecular formula is C7H10FN3S. The molecule has 0 saturated carbocycles. The molecule has 1 aromatic rings. The molecule has 1 rings (SSSR count). The van der Waals surface area contributed by atoms with Crippen LogP contribution in [0.3, 0.4) is 0 Å². The molecule has 0 aliphatic heterocycles. The predicted octanol–water partition coefficient (Wildman–Crippen LogP) is 1.39. The number of hydrogen-bond acceptors (Lipinski definition) is 4. The van der Waals surface area contributed by atoms with Crippen molar-refractivity contribution in [2.24, 2.45) is 0 Å². The van der Waals surface area contributed by atoms with Gasteiger partial charge in [-0.05, 0) is 6.26 Å². The number of nitrogens with zero attached hydrogens (tertiary/aromatic N) is 2. The molecule has 0 amide bonds. The van der Waals surface area contributed by atoms with Gasteiger partial charge in [-0.2, -0.15) is 16.2 Å². The number of aromatic nitrogens is 2. The Hall–Kier alpha value is -0.840. The Morgan fingerprint density at radius 1 is 1.50 bits per heavy atom. The number of rotatable bonds is 4. The van der Waals surface area contributed by atoms with Gasteiger partial charge in [0.2, 0.25) is 5.95 Å². The normalized spacial score (nSPS) is 9.83. The highest BCUT2D eigenvalue weighted by Crippen LogP contribution is 1.99. The highest BCUT2D eigenvalue weighted by atomic mass is 32.2. The number of nitrogens with one attached hydrogen (secondary N) is 1. The van der Waals surface area contributed by atoms with Crippen molar-refractivity contribution in [3.05, 3.63) is 18.3 Å². The van der Waals surface area contributed by atoms with Crippen LogP contribution in [0.25, 0.3) is 0 Å². The minimum absolute atomic E-state index is 0.551. The summed E-state index contributed by atoms with van der Waals surface area (Å²) in [5.41, 5.74) is 0. The van der Waals surface area contributed by atoms with E-state index in [1.54, 1.807) is 11.8 Å². The fraction of sp³-hybridized carbons (Fsp3) is 0.429. The molecule has 1 heterocycles. The maximum atomic E-state index is 12.3. The van der Waals surface area contributed by atoms with E-state index in [1.807, 2.05) is 6.26 Å². The number of hydrogen-bond donors (Lipinski definition) is 1. The lowest BCUT2D eigenvalue weighted by molar-refractivity contribution is 0.577. The lowest BCUT2D eigenvalue weighted by atomic mass is 10.6. The first-order valence-corrected chi connectivity index (χ1v) is 4.92. The average molecular weight is 187 g/mol. The van der Waals surface area contributed by atoms with Gasteiger partial charge in [-0.25, -0.2) is 9.97 Å². The third kappa shape index (κ3) is 3.04. The van der Waals surface area contributed by atoms with E-state index < -0.39 is 5.95 Å². The minimum Gasteiger partial charge on any atom is -0.368 e. The number of halogens is 1. The molecule has 5 heteroatoms. The molecular weight excluding hydrogens is 177 g/mol. The predicted molar refractivity (Wildman–Crippen MR) is 48.9 cm³/mol. The lowest BCUT2D eigenvalue weighted by Gasteiger charge is -2.01. The molecule has 1 N–H and O–H groups in total. The Bertz CT molecular complexity index is 227. The van der Waals surface area contributed by atoms with Gasteiger partial charge in [-0.15, -0.1) is 0 Å². The van der Waals surface area contributed by atoms with Crippen molar-refractivity contribution in [1.29, 1.82) is 0 Å². The molecule has 0 fully saturated rings. The van der Waals surface area contributed by atoms with Crippen LogP contribution in [0.15, 0.2) is 12.4 Å². The minimum atomic E-state index is -0.551. The van der Waals surface area contributed by atoms with Gasteiger partial charge in [0.05, 0.1) is 12.4 Å². The van der Waals surface area contributed by atoms with Crippen molar-refractivity contribution in [1.82, 2.24) is 9.97 Å². The van der Waals surface area contributed by atoms with Gasteiger partial charge in [-0.1, -0.05) is 0 Å². The summed E-state index contributed by atoms with van der Waals surface area (Å²) in [5.74, 6) is 1.06. The van der Waals surface area contributed by atoms with Crippen LogP contribution in [0.1, 0.15) is 0 Å². The second kappa shape index (κ2) is 4.92. The molecule has 0 spiro atoms. The molecule has 0 bridgehead atoms. The van der Waals surface area contributed by atoms with Crippen LogP contribution in [-0.4, -0.2) is 28.5 Å². The Morgan fingerprint density at radius 3 is 2.92 bits per heavy atom. The van der Waals surface area contributed by atoms with Crippen molar-refractivity contribution in [3.8, 4) is 0 Å². The maximum absolute atomic E-state index is 12.3. The van der Waals surface area contributed by atoms with E-state index in [4.69, 9.17) is 0 Å². The molecule has 12 heavy (non-hydrogen) atoms. The Kier molecular flexibility index (Phi) is 3.79. The van der Waals surface area contributed by atoms with Crippen LogP contribution in [-0.2, 0) is 0 Å². The molecule has 0 saturated heterocycles. The van der Waals surface area contributed by atoms with Crippen molar-refractivity contribution in [2.45, 2.75) is 0 Å². The quantitative estimate of drug-likeness (QED) is 0.723. The first kappa shape index (κ1) is 9.25. The summed E-state index contributed by atoms with van der Waals surface area (Å²) in [4.78, 5) is 7.25. The summed E-state index contributed by atoms with van der Waals surface area (Å²) in [6.45, 7) is 0.821. The second-order valence-corrected chi connectivity index (χ2v) is 3.13. The molecule has 0 aliphatic rings. The van der Waals surface area contributed by atoms with Crippen LogP contribution < -0.4 is 5.32 Å². The topological polar surface area (TPSA) is 37.8 Å². The van der Waals surface area contributed by atoms with Gasteiger partial charge < -0.3 is 5.32 Å². The molecule has 0 unspecified atom stereocenters. The van der Waals surface area contributed by atoms with Crippen LogP contribution in [0, 0.1) is 5.95 Å². The van der Waals surface area contributed by atoms with Crippen LogP contribution >= 0.6 is 11.8 Å². The lowest BCUT2D eigenvalue weighted by Crippen LogP contribution is -2.05. The Balaban J connectivity index is 2.37. The van der Waals surface area contributed by atoms with Gasteiger partial charge in [0.25, 0.3) is 0 Å². The van der Waals surface area contributed by atoms with E-state index in [0.29, 0.717) is 5.82 Å². The van der Waals surface area contributed by atoms with E-state index in [-0.39, 0.29) is 0 Å². The molecule has 0 aliphatic carbocycles. The zero-order chi connectivity index (χ0) is 8.81. The zero-order valence-electron chi connectivity index (χ0n) is 6.75. The Morgan fingerprint density at radius 2 is 2.33 bits per heavy atom. The van der Waals surface area contributed by atoms with Gasteiger partial charge in [0.1, 0.15) is 5.82 Å². The molecule has 0 atom stereocenters. The average Bonchev–Trinajstić information content (AvgIpc) is 2.09. The van der Waals surface area contributed by atoms with E-state index in [1.165, 1.54) is 6.20 Å². The summed E-state index contributed by atoms with van der Waals surface area (Å²) in [6, 6.07) is 0. The van der Waals surface area contributed by atoms with Crippen molar-refractivity contribution in [2.75, 3.05) is 23.9 Å². The van der Waals surface area contributed by atoms with Crippen LogP contribution in [0.2, 0.25) is 0 Å². The molecule has 0 radical (unpaired) electrons. The van der Waals surface area contributed by atoms with Crippen molar-refractivity contribution >= 4 is 17.6 Å². The largest absolute Gasteiger partial charge is 0.368 e. The molecule has 1 aromatic heterocycles. The first-order chi connectivity index (χ1) is 5.83. The summed E-state index contributed by atoms with van der Waals surface area (Å²) >= 11 is 1.74. The zero-order valence-corrected chi connectivity index (χ0v) is 7.57. The molecule has 66 valence electrons. The molecule has 3 nitrogen and oxygen atoms in total. The van der Waals surface area contributed by atoms with E-state index in [9.17, 15) is 4.39 Å². The highest BCUT2D eigenvalue weighted by molar-refractivity contribution is 7.98. The standard InChI is InChI=1S/C7H10FN3S/c1-12-3-2-9-7-5-10-6(8)4-11-7/h4-5H,2-3H2,1H3,(H,9,11). The van der Waals surface area contributed by atoms with Gasteiger partial charge >= 0.3 is 0 Å². The van der Waals surface area contributed by atoms with E-state index >= 15 is 0 Å². The number of anilines is 1. The summed E-state index contributed by atoms with van der Waals surface area (Å²) in [5, 5.41) is 3.01. The monoisotopic (exact) mass is 187 g/mol. The third-order valence-electron chi connectivity index (χ3n) is 1.23. The van der Waals surface area contributed by atoms with Crippen LogP contribution in [0.5, 0.6) is 0 Å². The highest BCUT2D eigenvalue weighted by Gasteiger charge is 1.93. The van der Waals surface area contributed by atoms with Crippen molar-refractivity contribution in [3.63, 3.8) is 0 Å². The van der Waals surface area contributed by atoms with E-state index in [2.05, 4.69) is 15.3 Å². The van der Waals surface area contributed by atoms with Gasteiger partial charge in [0, 0.05) is 12.3 Å². The fourth-order valence-electron chi connectivity index (χ4n) is 0.685. The van der Waals surface area contributed by atoms with Gasteiger partial charge in [0.15, 0.2) is 0 Å². The third-order valence-corrected chi connectivity index (χ3v) is 1.85. The van der Waals surface area contributed by atoms with E-state index in [0.717, 1.165) is 18.5 Å². The maximum Gasteiger partial charge on any atom is 0.231 e. The summed E-state index contributed by atoms with van der Waals surface area (Å²) in [7, 11) is 0.